The summed E-state index contributed by atoms with van der Waals surface area (Å²) in [5.74, 6) is 0.588. The van der Waals surface area contributed by atoms with Crippen molar-refractivity contribution in [3.8, 4) is 0 Å². The van der Waals surface area contributed by atoms with Crippen LogP contribution in [0.3, 0.4) is 0 Å². The van der Waals surface area contributed by atoms with Gasteiger partial charge in [0.05, 0.1) is 17.5 Å². The number of hydrogen-bond donors (Lipinski definition) is 2. The number of nitrogens with one attached hydrogen (secondary N) is 1. The van der Waals surface area contributed by atoms with E-state index in [4.69, 9.17) is 4.74 Å². The second-order valence-corrected chi connectivity index (χ2v) is 9.38. The smallest absolute Gasteiger partial charge is 0.323 e. The van der Waals surface area contributed by atoms with Crippen LogP contribution in [0.1, 0.15) is 13.8 Å². The molecule has 1 aliphatic rings. The lowest BCUT2D eigenvalue weighted by Crippen LogP contribution is -2.35. The van der Waals surface area contributed by atoms with Gasteiger partial charge in [0.2, 0.25) is 0 Å². The highest BCUT2D eigenvalue weighted by Crippen LogP contribution is 2.64. The summed E-state index contributed by atoms with van der Waals surface area (Å²) < 4.78 is 5.00. The van der Waals surface area contributed by atoms with Gasteiger partial charge in [-0.1, -0.05) is 0 Å². The number of rotatable bonds is 4. The molecule has 1 heterocycles. The zero-order valence-electron chi connectivity index (χ0n) is 9.97. The molecule has 1 aliphatic heterocycles. The minimum atomic E-state index is -2.23. The monoisotopic (exact) mass is 267 g/mol. The van der Waals surface area contributed by atoms with Crippen molar-refractivity contribution in [2.75, 3.05) is 32.2 Å². The van der Waals surface area contributed by atoms with Crippen LogP contribution in [0, 0.1) is 0 Å². The van der Waals surface area contributed by atoms with Crippen LogP contribution in [-0.4, -0.2) is 54.0 Å². The maximum absolute atomic E-state index is 11.3. The molecule has 0 radical (unpaired) electrons. The molecule has 16 heavy (non-hydrogen) atoms. The number of nitrogens with zero attached hydrogens (tertiary/aromatic N) is 1. The van der Waals surface area contributed by atoms with Crippen LogP contribution in [0.15, 0.2) is 0 Å². The van der Waals surface area contributed by atoms with Crippen molar-refractivity contribution in [1.82, 2.24) is 9.99 Å². The molecule has 0 aromatic heterocycles. The molecule has 0 spiro atoms. The van der Waals surface area contributed by atoms with Gasteiger partial charge < -0.3 is 4.74 Å². The fourth-order valence-electron chi connectivity index (χ4n) is 1.37. The first kappa shape index (κ1) is 14.2. The van der Waals surface area contributed by atoms with Gasteiger partial charge in [0.15, 0.2) is 6.29 Å². The normalized spacial score (nSPS) is 27.1. The second kappa shape index (κ2) is 6.17. The van der Waals surface area contributed by atoms with Gasteiger partial charge in [-0.2, -0.15) is 0 Å². The van der Waals surface area contributed by atoms with E-state index >= 15 is 0 Å². The predicted molar refractivity (Wildman–Crippen MR) is 68.3 cm³/mol. The lowest BCUT2D eigenvalue weighted by molar-refractivity contribution is -0.145. The summed E-state index contributed by atoms with van der Waals surface area (Å²) in [6, 6.07) is 0. The van der Waals surface area contributed by atoms with Crippen molar-refractivity contribution < 1.29 is 14.4 Å². The molecule has 1 rings (SSSR count). The molecule has 0 aromatic rings. The summed E-state index contributed by atoms with van der Waals surface area (Å²) >= 11 is 1.54. The van der Waals surface area contributed by atoms with E-state index < -0.39 is 6.84 Å². The topological polar surface area (TPSA) is 61.8 Å². The molecule has 1 saturated heterocycles. The summed E-state index contributed by atoms with van der Waals surface area (Å²) in [4.78, 5) is 23.6. The van der Waals surface area contributed by atoms with Crippen LogP contribution < -0.4 is 5.09 Å². The molecule has 0 bridgehead atoms. The molecule has 0 aliphatic carbocycles. The minimum absolute atomic E-state index is 0.0866. The van der Waals surface area contributed by atoms with E-state index in [-0.39, 0.29) is 18.6 Å². The van der Waals surface area contributed by atoms with E-state index in [1.165, 1.54) is 11.4 Å². The first-order valence-corrected chi connectivity index (χ1v) is 8.81. The molecule has 94 valence electrons. The van der Waals surface area contributed by atoms with Gasteiger partial charge in [-0.3, -0.25) is 9.69 Å². The molecule has 7 heteroatoms. The average molecular weight is 267 g/mol. The van der Waals surface area contributed by atoms with E-state index in [1.54, 1.807) is 0 Å². The summed E-state index contributed by atoms with van der Waals surface area (Å²) in [5, 5.41) is 2.95. The Kier molecular flexibility index (Phi) is 5.47. The van der Waals surface area contributed by atoms with Crippen molar-refractivity contribution in [1.29, 1.82) is 0 Å². The van der Waals surface area contributed by atoms with E-state index in [0.717, 1.165) is 12.3 Å². The number of carbonyl (C=O) groups is 1. The summed E-state index contributed by atoms with van der Waals surface area (Å²) in [7, 11) is 1.97. The van der Waals surface area contributed by atoms with E-state index in [2.05, 4.69) is 9.99 Å². The largest absolute Gasteiger partial charge is 0.462 e. The summed E-state index contributed by atoms with van der Waals surface area (Å²) in [6.07, 6.45) is 0.510. The SMILES string of the molecule is CC(C)OC(=O)CN[P+]1(O)CN(C)CCS1. The molecular weight excluding hydrogens is 247 g/mol. The molecule has 0 amide bonds. The highest BCUT2D eigenvalue weighted by atomic mass is 32.7. The Balaban J connectivity index is 2.32. The van der Waals surface area contributed by atoms with Crippen molar-refractivity contribution in [2.45, 2.75) is 20.0 Å². The standard InChI is InChI=1S/C9H20N2O3PS/c1-8(2)14-9(12)6-10-15(13)7-11(3)4-5-16-15/h8,10,13H,4-7H2,1-3H3/q+1. The molecule has 0 saturated carbocycles. The Morgan fingerprint density at radius 1 is 1.69 bits per heavy atom. The van der Waals surface area contributed by atoms with Crippen molar-refractivity contribution in [3.63, 3.8) is 0 Å². The fraction of sp³-hybridized carbons (Fsp3) is 0.889. The van der Waals surface area contributed by atoms with Gasteiger partial charge in [0.25, 0.3) is 6.84 Å². The molecule has 1 unspecified atom stereocenters. The van der Waals surface area contributed by atoms with Crippen LogP contribution in [0.4, 0.5) is 0 Å². The van der Waals surface area contributed by atoms with Gasteiger partial charge in [-0.15, -0.1) is 5.09 Å². The summed E-state index contributed by atoms with van der Waals surface area (Å²) in [5.41, 5.74) is 0. The maximum atomic E-state index is 11.3. The van der Waals surface area contributed by atoms with Crippen molar-refractivity contribution >= 4 is 24.2 Å². The lowest BCUT2D eigenvalue weighted by atomic mass is 10.5. The maximum Gasteiger partial charge on any atom is 0.323 e. The Bertz CT molecular complexity index is 255. The summed E-state index contributed by atoms with van der Waals surface area (Å²) in [6.45, 7) is 2.46. The highest BCUT2D eigenvalue weighted by molar-refractivity contribution is 8.60. The van der Waals surface area contributed by atoms with Gasteiger partial charge in [0.1, 0.15) is 6.54 Å². The Morgan fingerprint density at radius 3 is 2.94 bits per heavy atom. The molecule has 5 nitrogen and oxygen atoms in total. The van der Waals surface area contributed by atoms with Gasteiger partial charge >= 0.3 is 5.97 Å². The number of ether oxygens (including phenoxy) is 1. The molecule has 1 fully saturated rings. The predicted octanol–water partition coefficient (Wildman–Crippen LogP) is 0.919. The van der Waals surface area contributed by atoms with Gasteiger partial charge in [-0.25, -0.2) is 4.89 Å². The van der Waals surface area contributed by atoms with Crippen LogP contribution in [-0.2, 0) is 9.53 Å². The molecule has 2 N–H and O–H groups in total. The van der Waals surface area contributed by atoms with E-state index in [1.807, 2.05) is 20.9 Å². The average Bonchev–Trinajstić information content (AvgIpc) is 2.13. The third-order valence-corrected chi connectivity index (χ3v) is 6.92. The Hall–Kier alpha value is 0.130. The van der Waals surface area contributed by atoms with Crippen molar-refractivity contribution in [3.05, 3.63) is 0 Å². The minimum Gasteiger partial charge on any atom is -0.462 e. The quantitative estimate of drug-likeness (QED) is 0.583. The van der Waals surface area contributed by atoms with Crippen molar-refractivity contribution in [2.24, 2.45) is 0 Å². The van der Waals surface area contributed by atoms with Crippen LogP contribution >= 0.6 is 18.2 Å². The van der Waals surface area contributed by atoms with Crippen LogP contribution in [0.5, 0.6) is 0 Å². The third kappa shape index (κ3) is 4.97. The number of carbonyl (C=O) groups excluding carboxylic acids is 1. The third-order valence-electron chi connectivity index (χ3n) is 2.05. The lowest BCUT2D eigenvalue weighted by Gasteiger charge is -2.28. The van der Waals surface area contributed by atoms with E-state index in [9.17, 15) is 9.69 Å². The van der Waals surface area contributed by atoms with Gasteiger partial charge in [-0.05, 0) is 20.9 Å². The zero-order valence-corrected chi connectivity index (χ0v) is 11.7. The van der Waals surface area contributed by atoms with Gasteiger partial charge in [0, 0.05) is 12.3 Å². The first-order chi connectivity index (χ1) is 7.41. The molecule has 0 aromatic carbocycles. The molecule has 1 atom stereocenters. The number of esters is 1. The zero-order chi connectivity index (χ0) is 12.2. The second-order valence-electron chi connectivity index (χ2n) is 4.13. The molecular formula is C9H20N2O3PS+. The Morgan fingerprint density at radius 2 is 2.38 bits per heavy atom. The number of hydrogen-bond acceptors (Lipinski definition) is 6. The fourth-order valence-corrected chi connectivity index (χ4v) is 5.97. The van der Waals surface area contributed by atoms with Crippen LogP contribution in [0.25, 0.3) is 0 Å². The van der Waals surface area contributed by atoms with E-state index in [0.29, 0.717) is 6.29 Å². The Labute approximate surface area is 101 Å². The van der Waals surface area contributed by atoms with Crippen LogP contribution in [0.2, 0.25) is 0 Å². The first-order valence-electron chi connectivity index (χ1n) is 5.30. The highest BCUT2D eigenvalue weighted by Gasteiger charge is 2.42.